The van der Waals surface area contributed by atoms with Crippen molar-refractivity contribution in [2.45, 2.75) is 32.6 Å². The molecule has 1 aliphatic rings. The smallest absolute Gasteiger partial charge is 0.302 e. The first-order valence-electron chi connectivity index (χ1n) is 7.41. The van der Waals surface area contributed by atoms with Crippen LogP contribution in [0.2, 0.25) is 0 Å². The van der Waals surface area contributed by atoms with Gasteiger partial charge >= 0.3 is 5.97 Å². The number of hydrogen-bond donors (Lipinski definition) is 0. The van der Waals surface area contributed by atoms with Gasteiger partial charge in [-0.2, -0.15) is 0 Å². The number of fused-ring (bicyclic) bond motifs is 1. The molecule has 4 heteroatoms. The van der Waals surface area contributed by atoms with Crippen LogP contribution >= 0.6 is 0 Å². The first kappa shape index (κ1) is 14.6. The molecule has 22 heavy (non-hydrogen) atoms. The summed E-state index contributed by atoms with van der Waals surface area (Å²) in [5.74, 6) is 1.08. The van der Waals surface area contributed by atoms with E-state index in [1.807, 2.05) is 37.3 Å². The molecular weight excluding hydrogens is 280 g/mol. The van der Waals surface area contributed by atoms with E-state index in [4.69, 9.17) is 9.15 Å². The highest BCUT2D eigenvalue weighted by molar-refractivity contribution is 6.06. The normalized spacial score (nSPS) is 16.6. The molecule has 1 aliphatic carbocycles. The van der Waals surface area contributed by atoms with Crippen LogP contribution < -0.4 is 0 Å². The Hall–Kier alpha value is -2.36. The molecule has 0 aliphatic heterocycles. The standard InChI is InChI=1S/C18H18O4/c1-11-14-10-15(13-6-4-3-5-7-13)18(20)17(14)16(22-11)8-9-21-12(2)19/h3-7,15H,8-10H2,1-2H3. The molecule has 1 aromatic heterocycles. The van der Waals surface area contributed by atoms with Crippen molar-refractivity contribution in [2.24, 2.45) is 0 Å². The van der Waals surface area contributed by atoms with Gasteiger partial charge in [0.15, 0.2) is 5.78 Å². The first-order valence-corrected chi connectivity index (χ1v) is 7.41. The van der Waals surface area contributed by atoms with Crippen LogP contribution in [-0.2, 0) is 22.4 Å². The predicted octanol–water partition coefficient (Wildman–Crippen LogP) is 3.22. The third kappa shape index (κ3) is 2.56. The molecule has 2 aromatic rings. The second-order valence-electron chi connectivity index (χ2n) is 5.56. The van der Waals surface area contributed by atoms with Crippen LogP contribution in [0.4, 0.5) is 0 Å². The maximum atomic E-state index is 12.8. The number of carbonyl (C=O) groups is 2. The predicted molar refractivity (Wildman–Crippen MR) is 81.0 cm³/mol. The number of furan rings is 1. The Morgan fingerprint density at radius 1 is 1.32 bits per heavy atom. The fourth-order valence-corrected chi connectivity index (χ4v) is 3.06. The second kappa shape index (κ2) is 5.79. The summed E-state index contributed by atoms with van der Waals surface area (Å²) in [5, 5.41) is 0. The Labute approximate surface area is 129 Å². The Morgan fingerprint density at radius 3 is 2.73 bits per heavy atom. The number of ketones is 1. The maximum Gasteiger partial charge on any atom is 0.302 e. The topological polar surface area (TPSA) is 56.5 Å². The molecule has 0 spiro atoms. The van der Waals surface area contributed by atoms with E-state index in [1.54, 1.807) is 0 Å². The van der Waals surface area contributed by atoms with Crippen molar-refractivity contribution in [3.63, 3.8) is 0 Å². The highest BCUT2D eigenvalue weighted by atomic mass is 16.5. The maximum absolute atomic E-state index is 12.8. The van der Waals surface area contributed by atoms with Crippen molar-refractivity contribution in [2.75, 3.05) is 6.61 Å². The molecule has 0 saturated heterocycles. The third-order valence-corrected chi connectivity index (χ3v) is 4.09. The zero-order valence-corrected chi connectivity index (χ0v) is 12.7. The van der Waals surface area contributed by atoms with Crippen LogP contribution in [0.5, 0.6) is 0 Å². The molecule has 0 amide bonds. The number of rotatable bonds is 4. The third-order valence-electron chi connectivity index (χ3n) is 4.09. The minimum Gasteiger partial charge on any atom is -0.465 e. The van der Waals surface area contributed by atoms with E-state index in [9.17, 15) is 9.59 Å². The summed E-state index contributed by atoms with van der Waals surface area (Å²) in [5.41, 5.74) is 2.73. The zero-order chi connectivity index (χ0) is 15.7. The van der Waals surface area contributed by atoms with Gasteiger partial charge in [-0.05, 0) is 18.9 Å². The molecule has 0 bridgehead atoms. The van der Waals surface area contributed by atoms with E-state index in [0.717, 1.165) is 16.9 Å². The number of esters is 1. The molecule has 0 N–H and O–H groups in total. The van der Waals surface area contributed by atoms with E-state index in [2.05, 4.69) is 0 Å². The lowest BCUT2D eigenvalue weighted by Crippen LogP contribution is -2.10. The van der Waals surface area contributed by atoms with Crippen LogP contribution in [0.25, 0.3) is 0 Å². The van der Waals surface area contributed by atoms with Gasteiger partial charge in [0, 0.05) is 18.9 Å². The SMILES string of the molecule is CC(=O)OCCc1oc(C)c2c1C(=O)C(c1ccccc1)C2. The van der Waals surface area contributed by atoms with E-state index in [0.29, 0.717) is 24.2 Å². The minimum absolute atomic E-state index is 0.107. The number of Topliss-reactive ketones (excluding diaryl/α,β-unsaturated/α-hetero) is 1. The average molecular weight is 298 g/mol. The summed E-state index contributed by atoms with van der Waals surface area (Å²) >= 11 is 0. The lowest BCUT2D eigenvalue weighted by Gasteiger charge is -2.09. The average Bonchev–Trinajstić information content (AvgIpc) is 2.99. The van der Waals surface area contributed by atoms with Gasteiger partial charge in [0.25, 0.3) is 0 Å². The van der Waals surface area contributed by atoms with Gasteiger partial charge in [0.1, 0.15) is 11.5 Å². The lowest BCUT2D eigenvalue weighted by molar-refractivity contribution is -0.140. The van der Waals surface area contributed by atoms with Crippen molar-refractivity contribution in [1.29, 1.82) is 0 Å². The molecule has 1 heterocycles. The van der Waals surface area contributed by atoms with Gasteiger partial charge in [-0.1, -0.05) is 30.3 Å². The fraction of sp³-hybridized carbons (Fsp3) is 0.333. The zero-order valence-electron chi connectivity index (χ0n) is 12.7. The van der Waals surface area contributed by atoms with Gasteiger partial charge in [-0.3, -0.25) is 9.59 Å². The molecule has 0 fully saturated rings. The molecule has 1 unspecified atom stereocenters. The summed E-state index contributed by atoms with van der Waals surface area (Å²) in [6.45, 7) is 3.49. The van der Waals surface area contributed by atoms with E-state index in [1.165, 1.54) is 6.92 Å². The number of benzene rings is 1. The summed E-state index contributed by atoms with van der Waals surface area (Å²) in [6.07, 6.45) is 1.12. The Morgan fingerprint density at radius 2 is 2.05 bits per heavy atom. The summed E-state index contributed by atoms with van der Waals surface area (Å²) < 4.78 is 10.7. The summed E-state index contributed by atoms with van der Waals surface area (Å²) in [7, 11) is 0. The molecule has 0 saturated carbocycles. The number of aryl methyl sites for hydroxylation is 1. The fourth-order valence-electron chi connectivity index (χ4n) is 3.06. The largest absolute Gasteiger partial charge is 0.465 e. The summed E-state index contributed by atoms with van der Waals surface area (Å²) in [6, 6.07) is 9.81. The monoisotopic (exact) mass is 298 g/mol. The molecule has 1 aromatic carbocycles. The molecule has 4 nitrogen and oxygen atoms in total. The van der Waals surface area contributed by atoms with E-state index in [-0.39, 0.29) is 24.3 Å². The molecular formula is C18H18O4. The number of ether oxygens (including phenoxy) is 1. The van der Waals surface area contributed by atoms with Crippen LogP contribution in [0.1, 0.15) is 45.8 Å². The molecule has 1 atom stereocenters. The van der Waals surface area contributed by atoms with Crippen molar-refractivity contribution in [3.05, 3.63) is 58.5 Å². The van der Waals surface area contributed by atoms with E-state index < -0.39 is 0 Å². The highest BCUT2D eigenvalue weighted by Crippen LogP contribution is 2.39. The molecule has 0 radical (unpaired) electrons. The van der Waals surface area contributed by atoms with Gasteiger partial charge in [0.05, 0.1) is 18.1 Å². The van der Waals surface area contributed by atoms with Gasteiger partial charge in [0.2, 0.25) is 0 Å². The van der Waals surface area contributed by atoms with Gasteiger partial charge < -0.3 is 9.15 Å². The first-order chi connectivity index (χ1) is 10.6. The van der Waals surface area contributed by atoms with Crippen LogP contribution in [0.3, 0.4) is 0 Å². The Bertz CT molecular complexity index is 712. The van der Waals surface area contributed by atoms with Crippen molar-refractivity contribution in [3.8, 4) is 0 Å². The molecule has 114 valence electrons. The van der Waals surface area contributed by atoms with E-state index >= 15 is 0 Å². The lowest BCUT2D eigenvalue weighted by atomic mass is 9.95. The summed E-state index contributed by atoms with van der Waals surface area (Å²) in [4.78, 5) is 23.6. The minimum atomic E-state index is -0.326. The number of carbonyl (C=O) groups excluding carboxylic acids is 2. The Kier molecular flexibility index (Phi) is 3.84. The van der Waals surface area contributed by atoms with Crippen molar-refractivity contribution >= 4 is 11.8 Å². The highest BCUT2D eigenvalue weighted by Gasteiger charge is 2.37. The second-order valence-corrected chi connectivity index (χ2v) is 5.56. The Balaban J connectivity index is 1.85. The van der Waals surface area contributed by atoms with Crippen LogP contribution in [-0.4, -0.2) is 18.4 Å². The van der Waals surface area contributed by atoms with Crippen LogP contribution in [0, 0.1) is 6.92 Å². The quantitative estimate of drug-likeness (QED) is 0.813. The van der Waals surface area contributed by atoms with Crippen molar-refractivity contribution < 1.29 is 18.7 Å². The van der Waals surface area contributed by atoms with Crippen molar-refractivity contribution in [1.82, 2.24) is 0 Å². The molecule has 3 rings (SSSR count). The number of hydrogen-bond acceptors (Lipinski definition) is 4. The van der Waals surface area contributed by atoms with Gasteiger partial charge in [-0.15, -0.1) is 0 Å². The van der Waals surface area contributed by atoms with Crippen LogP contribution in [0.15, 0.2) is 34.7 Å². The van der Waals surface area contributed by atoms with Gasteiger partial charge in [-0.25, -0.2) is 0 Å².